The van der Waals surface area contributed by atoms with Gasteiger partial charge in [-0.15, -0.1) is 0 Å². The number of hydrogen-bond acceptors (Lipinski definition) is 3. The van der Waals surface area contributed by atoms with Crippen LogP contribution in [0.25, 0.3) is 0 Å². The van der Waals surface area contributed by atoms with Crippen molar-refractivity contribution in [3.63, 3.8) is 0 Å². The highest BCUT2D eigenvalue weighted by Gasteiger charge is 2.15. The van der Waals surface area contributed by atoms with Gasteiger partial charge < -0.3 is 4.90 Å². The number of carbonyl (C=O) groups is 1. The molecule has 2 aromatic rings. The average molecular weight is 355 g/mol. The van der Waals surface area contributed by atoms with Crippen molar-refractivity contribution in [3.05, 3.63) is 82.5 Å². The third-order valence-electron chi connectivity index (χ3n) is 4.64. The van der Waals surface area contributed by atoms with Gasteiger partial charge in [0.25, 0.3) is 0 Å². The van der Waals surface area contributed by atoms with Crippen LogP contribution in [0.5, 0.6) is 0 Å². The number of rotatable bonds is 5. The number of aryl methyl sites for hydroxylation is 1. The summed E-state index contributed by atoms with van der Waals surface area (Å²) in [4.78, 5) is 16.9. The normalized spacial score (nSPS) is 15.7. The number of benzene rings is 2. The van der Waals surface area contributed by atoms with Crippen molar-refractivity contribution in [3.8, 4) is 0 Å². The highest BCUT2D eigenvalue weighted by atomic mass is 35.5. The molecule has 0 bridgehead atoms. The molecule has 1 saturated heterocycles. The SMILES string of the molecule is Cc1ccccc1CN1CCN(/C=C/C(=O)c2ccccc2Cl)CC1. The molecular formula is C21H23ClN2O. The number of ketones is 1. The molecule has 2 aromatic carbocycles. The number of piperazine rings is 1. The quantitative estimate of drug-likeness (QED) is 0.595. The summed E-state index contributed by atoms with van der Waals surface area (Å²) >= 11 is 6.07. The number of allylic oxidation sites excluding steroid dienone is 1. The smallest absolute Gasteiger partial charge is 0.188 e. The molecule has 25 heavy (non-hydrogen) atoms. The van der Waals surface area contributed by atoms with Crippen LogP contribution < -0.4 is 0 Å². The molecule has 1 aliphatic rings. The number of carbonyl (C=O) groups excluding carboxylic acids is 1. The summed E-state index contributed by atoms with van der Waals surface area (Å²) in [7, 11) is 0. The van der Waals surface area contributed by atoms with Gasteiger partial charge in [0, 0.05) is 50.6 Å². The summed E-state index contributed by atoms with van der Waals surface area (Å²) in [6, 6.07) is 15.7. The summed E-state index contributed by atoms with van der Waals surface area (Å²) in [6.07, 6.45) is 3.52. The van der Waals surface area contributed by atoms with E-state index in [0.717, 1.165) is 32.7 Å². The van der Waals surface area contributed by atoms with Crippen LogP contribution in [0.4, 0.5) is 0 Å². The minimum absolute atomic E-state index is 0.0482. The van der Waals surface area contributed by atoms with Crippen LogP contribution in [-0.4, -0.2) is 41.8 Å². The minimum Gasteiger partial charge on any atom is -0.375 e. The first-order chi connectivity index (χ1) is 12.1. The Labute approximate surface area is 154 Å². The van der Waals surface area contributed by atoms with Crippen molar-refractivity contribution < 1.29 is 4.79 Å². The molecule has 0 atom stereocenters. The van der Waals surface area contributed by atoms with Crippen LogP contribution in [-0.2, 0) is 6.54 Å². The zero-order chi connectivity index (χ0) is 17.6. The third kappa shape index (κ3) is 4.71. The third-order valence-corrected chi connectivity index (χ3v) is 4.97. The Hall–Kier alpha value is -2.10. The zero-order valence-corrected chi connectivity index (χ0v) is 15.2. The Kier molecular flexibility index (Phi) is 5.90. The molecule has 0 aliphatic carbocycles. The average Bonchev–Trinajstić information content (AvgIpc) is 2.63. The molecule has 1 fully saturated rings. The lowest BCUT2D eigenvalue weighted by molar-refractivity contribution is 0.104. The molecule has 130 valence electrons. The van der Waals surface area contributed by atoms with Gasteiger partial charge in [-0.25, -0.2) is 0 Å². The van der Waals surface area contributed by atoms with E-state index in [-0.39, 0.29) is 5.78 Å². The fraction of sp³-hybridized carbons (Fsp3) is 0.286. The van der Waals surface area contributed by atoms with E-state index in [2.05, 4.69) is 41.0 Å². The largest absolute Gasteiger partial charge is 0.375 e. The molecular weight excluding hydrogens is 332 g/mol. The number of hydrogen-bond donors (Lipinski definition) is 0. The van der Waals surface area contributed by atoms with Crippen LogP contribution in [0.15, 0.2) is 60.8 Å². The standard InChI is InChI=1S/C21H23ClN2O/c1-17-6-2-3-7-18(17)16-24-14-12-23(13-15-24)11-10-21(25)19-8-4-5-9-20(19)22/h2-11H,12-16H2,1H3/b11-10+. The van der Waals surface area contributed by atoms with E-state index in [1.807, 2.05) is 18.3 Å². The van der Waals surface area contributed by atoms with Gasteiger partial charge in [-0.1, -0.05) is 48.0 Å². The molecule has 0 aromatic heterocycles. The van der Waals surface area contributed by atoms with Gasteiger partial charge in [0.05, 0.1) is 5.02 Å². The van der Waals surface area contributed by atoms with Crippen LogP contribution in [0.3, 0.4) is 0 Å². The second-order valence-corrected chi connectivity index (χ2v) is 6.81. The fourth-order valence-corrected chi connectivity index (χ4v) is 3.25. The van der Waals surface area contributed by atoms with E-state index in [4.69, 9.17) is 11.6 Å². The van der Waals surface area contributed by atoms with Crippen LogP contribution in [0.2, 0.25) is 5.02 Å². The highest BCUT2D eigenvalue weighted by Crippen LogP contribution is 2.16. The van der Waals surface area contributed by atoms with E-state index < -0.39 is 0 Å². The van der Waals surface area contributed by atoms with Crippen molar-refractivity contribution in [1.82, 2.24) is 9.80 Å². The Morgan fingerprint density at radius 2 is 1.72 bits per heavy atom. The highest BCUT2D eigenvalue weighted by molar-refractivity contribution is 6.34. The molecule has 3 rings (SSSR count). The second-order valence-electron chi connectivity index (χ2n) is 6.40. The summed E-state index contributed by atoms with van der Waals surface area (Å²) in [5, 5.41) is 0.500. The topological polar surface area (TPSA) is 23.6 Å². The monoisotopic (exact) mass is 354 g/mol. The first-order valence-corrected chi connectivity index (χ1v) is 8.99. The fourth-order valence-electron chi connectivity index (χ4n) is 3.02. The zero-order valence-electron chi connectivity index (χ0n) is 14.5. The Morgan fingerprint density at radius 3 is 2.44 bits per heavy atom. The van der Waals surface area contributed by atoms with Crippen LogP contribution in [0, 0.1) is 6.92 Å². The molecule has 3 nitrogen and oxygen atoms in total. The van der Waals surface area contributed by atoms with E-state index in [1.54, 1.807) is 18.2 Å². The molecule has 0 N–H and O–H groups in total. The van der Waals surface area contributed by atoms with Gasteiger partial charge in [0.2, 0.25) is 0 Å². The predicted molar refractivity (Wildman–Crippen MR) is 103 cm³/mol. The van der Waals surface area contributed by atoms with Crippen molar-refractivity contribution in [2.24, 2.45) is 0 Å². The van der Waals surface area contributed by atoms with E-state index >= 15 is 0 Å². The molecule has 0 amide bonds. The van der Waals surface area contributed by atoms with Gasteiger partial charge in [-0.05, 0) is 30.2 Å². The van der Waals surface area contributed by atoms with E-state index in [9.17, 15) is 4.79 Å². The van der Waals surface area contributed by atoms with Crippen LogP contribution in [0.1, 0.15) is 21.5 Å². The molecule has 0 spiro atoms. The van der Waals surface area contributed by atoms with E-state index in [1.165, 1.54) is 11.1 Å². The van der Waals surface area contributed by atoms with Gasteiger partial charge in [-0.2, -0.15) is 0 Å². The van der Waals surface area contributed by atoms with Gasteiger partial charge in [-0.3, -0.25) is 9.69 Å². The van der Waals surface area contributed by atoms with Gasteiger partial charge >= 0.3 is 0 Å². The maximum Gasteiger partial charge on any atom is 0.188 e. The second kappa shape index (κ2) is 8.32. The maximum absolute atomic E-state index is 12.2. The molecule has 0 radical (unpaired) electrons. The minimum atomic E-state index is -0.0482. The van der Waals surface area contributed by atoms with Crippen LogP contribution >= 0.6 is 11.6 Å². The Balaban J connectivity index is 1.52. The molecule has 0 unspecified atom stereocenters. The molecule has 1 aliphatic heterocycles. The summed E-state index contributed by atoms with van der Waals surface area (Å²) in [5.74, 6) is -0.0482. The lowest BCUT2D eigenvalue weighted by Gasteiger charge is -2.34. The molecule has 1 heterocycles. The Morgan fingerprint density at radius 1 is 1.04 bits per heavy atom. The van der Waals surface area contributed by atoms with E-state index in [0.29, 0.717) is 10.6 Å². The summed E-state index contributed by atoms with van der Waals surface area (Å²) in [5.41, 5.74) is 3.29. The molecule has 4 heteroatoms. The van der Waals surface area contributed by atoms with Crippen molar-refractivity contribution in [2.75, 3.05) is 26.2 Å². The predicted octanol–water partition coefficient (Wildman–Crippen LogP) is 4.16. The van der Waals surface area contributed by atoms with Gasteiger partial charge in [0.1, 0.15) is 0 Å². The Bertz CT molecular complexity index is 764. The summed E-state index contributed by atoms with van der Waals surface area (Å²) in [6.45, 7) is 7.01. The number of nitrogens with zero attached hydrogens (tertiary/aromatic N) is 2. The number of halogens is 1. The molecule has 0 saturated carbocycles. The first kappa shape index (κ1) is 17.7. The van der Waals surface area contributed by atoms with Crippen molar-refractivity contribution in [2.45, 2.75) is 13.5 Å². The lowest BCUT2D eigenvalue weighted by atomic mass is 10.1. The first-order valence-electron chi connectivity index (χ1n) is 8.61. The van der Waals surface area contributed by atoms with Gasteiger partial charge in [0.15, 0.2) is 5.78 Å². The van der Waals surface area contributed by atoms with Crippen molar-refractivity contribution in [1.29, 1.82) is 0 Å². The van der Waals surface area contributed by atoms with Crippen molar-refractivity contribution >= 4 is 17.4 Å². The maximum atomic E-state index is 12.2. The summed E-state index contributed by atoms with van der Waals surface area (Å²) < 4.78 is 0. The lowest BCUT2D eigenvalue weighted by Crippen LogP contribution is -2.43.